The van der Waals surface area contributed by atoms with Gasteiger partial charge in [0, 0.05) is 13.0 Å². The van der Waals surface area contributed by atoms with Gasteiger partial charge in [0.05, 0.1) is 22.9 Å². The Morgan fingerprint density at radius 2 is 2.00 bits per heavy atom. The van der Waals surface area contributed by atoms with Gasteiger partial charge >= 0.3 is 0 Å². The van der Waals surface area contributed by atoms with Gasteiger partial charge in [-0.25, -0.2) is 4.98 Å². The molecule has 0 aliphatic rings. The highest BCUT2D eigenvalue weighted by Gasteiger charge is 1.98. The van der Waals surface area contributed by atoms with Gasteiger partial charge in [0.2, 0.25) is 0 Å². The normalized spacial score (nSPS) is 10.4. The van der Waals surface area contributed by atoms with Gasteiger partial charge in [-0.3, -0.25) is 4.98 Å². The second-order valence-electron chi connectivity index (χ2n) is 4.19. The second-order valence-corrected chi connectivity index (χ2v) is 4.19. The number of hydrogen-bond donors (Lipinski definition) is 1. The number of fused-ring (bicyclic) bond motifs is 1. The van der Waals surface area contributed by atoms with Crippen LogP contribution in [-0.2, 0) is 6.54 Å². The number of hydrogen-bond acceptors (Lipinski definition) is 3. The molecule has 0 aliphatic carbocycles. The molecule has 0 aliphatic heterocycles. The van der Waals surface area contributed by atoms with Gasteiger partial charge in [0.25, 0.3) is 0 Å². The number of unbranched alkanes of at least 4 members (excludes halogenated alkanes) is 2. The quantitative estimate of drug-likeness (QED) is 0.622. The van der Waals surface area contributed by atoms with Crippen LogP contribution in [0.1, 0.15) is 25.0 Å². The first-order valence-corrected chi connectivity index (χ1v) is 6.25. The van der Waals surface area contributed by atoms with E-state index in [1.165, 1.54) is 0 Å². The highest BCUT2D eigenvalue weighted by Crippen LogP contribution is 2.08. The molecule has 18 heavy (non-hydrogen) atoms. The molecule has 1 aromatic heterocycles. The standard InChI is InChI=1S/C15H17N3/c1-2-3-4-7-10-16-11-13-12-17-14-8-5-6-9-15(14)18-13/h1,5-6,8-9,12,16H,3-4,7,10-11H2. The van der Waals surface area contributed by atoms with Crippen LogP contribution in [0.3, 0.4) is 0 Å². The molecule has 0 spiro atoms. The van der Waals surface area contributed by atoms with Crippen molar-refractivity contribution < 1.29 is 0 Å². The molecule has 92 valence electrons. The average Bonchev–Trinajstić information content (AvgIpc) is 2.42. The largest absolute Gasteiger partial charge is 0.311 e. The van der Waals surface area contributed by atoms with Crippen LogP contribution in [0.15, 0.2) is 30.5 Å². The van der Waals surface area contributed by atoms with Crippen LogP contribution in [0.25, 0.3) is 11.0 Å². The van der Waals surface area contributed by atoms with E-state index >= 15 is 0 Å². The fourth-order valence-electron chi connectivity index (χ4n) is 1.77. The van der Waals surface area contributed by atoms with Crippen LogP contribution in [0.2, 0.25) is 0 Å². The molecule has 0 fully saturated rings. The maximum absolute atomic E-state index is 5.20. The summed E-state index contributed by atoms with van der Waals surface area (Å²) in [6.45, 7) is 1.73. The van der Waals surface area contributed by atoms with Crippen molar-refractivity contribution in [2.24, 2.45) is 0 Å². The monoisotopic (exact) mass is 239 g/mol. The average molecular weight is 239 g/mol. The lowest BCUT2D eigenvalue weighted by atomic mass is 10.2. The number of terminal acetylenes is 1. The molecule has 1 heterocycles. The van der Waals surface area contributed by atoms with E-state index < -0.39 is 0 Å². The molecule has 0 radical (unpaired) electrons. The topological polar surface area (TPSA) is 37.8 Å². The molecular weight excluding hydrogens is 222 g/mol. The molecule has 3 nitrogen and oxygen atoms in total. The molecule has 0 saturated heterocycles. The Morgan fingerprint density at radius 1 is 1.17 bits per heavy atom. The summed E-state index contributed by atoms with van der Waals surface area (Å²) in [6.07, 6.45) is 10.1. The van der Waals surface area contributed by atoms with E-state index in [2.05, 4.69) is 21.2 Å². The lowest BCUT2D eigenvalue weighted by molar-refractivity contribution is 0.622. The predicted octanol–water partition coefficient (Wildman–Crippen LogP) is 2.52. The van der Waals surface area contributed by atoms with Crippen LogP contribution in [0, 0.1) is 12.3 Å². The summed E-state index contributed by atoms with van der Waals surface area (Å²) in [6, 6.07) is 7.91. The Balaban J connectivity index is 1.83. The Morgan fingerprint density at radius 3 is 2.83 bits per heavy atom. The Hall–Kier alpha value is -1.92. The SMILES string of the molecule is C#CCCCCNCc1cnc2ccccc2n1. The molecule has 0 amide bonds. The summed E-state index contributed by atoms with van der Waals surface area (Å²) in [5.74, 6) is 2.65. The molecule has 0 unspecified atom stereocenters. The lowest BCUT2D eigenvalue weighted by Gasteiger charge is -2.04. The van der Waals surface area contributed by atoms with Crippen molar-refractivity contribution in [1.82, 2.24) is 15.3 Å². The minimum atomic E-state index is 0.758. The maximum atomic E-state index is 5.20. The van der Waals surface area contributed by atoms with Crippen LogP contribution in [0.4, 0.5) is 0 Å². The third-order valence-corrected chi connectivity index (χ3v) is 2.73. The zero-order chi connectivity index (χ0) is 12.6. The summed E-state index contributed by atoms with van der Waals surface area (Å²) in [4.78, 5) is 8.93. The van der Waals surface area contributed by atoms with Crippen molar-refractivity contribution in [3.8, 4) is 12.3 Å². The van der Waals surface area contributed by atoms with Crippen LogP contribution < -0.4 is 5.32 Å². The van der Waals surface area contributed by atoms with Gasteiger partial charge in [-0.2, -0.15) is 0 Å². The first kappa shape index (κ1) is 12.5. The minimum Gasteiger partial charge on any atom is -0.311 e. The van der Waals surface area contributed by atoms with Gasteiger partial charge < -0.3 is 5.32 Å². The van der Waals surface area contributed by atoms with Crippen molar-refractivity contribution >= 4 is 11.0 Å². The van der Waals surface area contributed by atoms with Crippen LogP contribution in [-0.4, -0.2) is 16.5 Å². The van der Waals surface area contributed by atoms with Gasteiger partial charge in [-0.1, -0.05) is 12.1 Å². The van der Waals surface area contributed by atoms with Crippen molar-refractivity contribution in [1.29, 1.82) is 0 Å². The number of para-hydroxylation sites is 2. The van der Waals surface area contributed by atoms with E-state index in [-0.39, 0.29) is 0 Å². The molecule has 1 aromatic carbocycles. The van der Waals surface area contributed by atoms with Crippen molar-refractivity contribution in [3.05, 3.63) is 36.2 Å². The van der Waals surface area contributed by atoms with Crippen LogP contribution >= 0.6 is 0 Å². The summed E-state index contributed by atoms with van der Waals surface area (Å²) in [5.41, 5.74) is 2.87. The highest BCUT2D eigenvalue weighted by atomic mass is 14.9. The second kappa shape index (κ2) is 6.73. The molecular formula is C15H17N3. The number of rotatable bonds is 6. The molecule has 0 atom stereocenters. The first-order valence-electron chi connectivity index (χ1n) is 6.25. The minimum absolute atomic E-state index is 0.758. The van der Waals surface area contributed by atoms with Gasteiger partial charge in [-0.15, -0.1) is 12.3 Å². The fourth-order valence-corrected chi connectivity index (χ4v) is 1.77. The summed E-state index contributed by atoms with van der Waals surface area (Å²) < 4.78 is 0. The Labute approximate surface area is 108 Å². The highest BCUT2D eigenvalue weighted by molar-refractivity contribution is 5.73. The number of benzene rings is 1. The third kappa shape index (κ3) is 3.54. The van der Waals surface area contributed by atoms with E-state index in [1.54, 1.807) is 0 Å². The maximum Gasteiger partial charge on any atom is 0.0890 e. The predicted molar refractivity (Wildman–Crippen MR) is 73.9 cm³/mol. The van der Waals surface area contributed by atoms with Gasteiger partial charge in [0.15, 0.2) is 0 Å². The number of nitrogens with one attached hydrogen (secondary N) is 1. The number of aromatic nitrogens is 2. The smallest absolute Gasteiger partial charge is 0.0890 e. The van der Waals surface area contributed by atoms with E-state index in [0.717, 1.165) is 49.1 Å². The van der Waals surface area contributed by atoms with E-state index in [1.807, 2.05) is 30.5 Å². The zero-order valence-electron chi connectivity index (χ0n) is 10.4. The third-order valence-electron chi connectivity index (χ3n) is 2.73. The summed E-state index contributed by atoms with van der Waals surface area (Å²) in [7, 11) is 0. The lowest BCUT2D eigenvalue weighted by Crippen LogP contribution is -2.15. The molecule has 3 heteroatoms. The van der Waals surface area contributed by atoms with E-state index in [0.29, 0.717) is 0 Å². The summed E-state index contributed by atoms with van der Waals surface area (Å²) >= 11 is 0. The molecule has 2 rings (SSSR count). The fraction of sp³-hybridized carbons (Fsp3) is 0.333. The van der Waals surface area contributed by atoms with Crippen molar-refractivity contribution in [2.75, 3.05) is 6.54 Å². The van der Waals surface area contributed by atoms with Gasteiger partial charge in [0.1, 0.15) is 0 Å². The molecule has 0 bridgehead atoms. The Kier molecular flexibility index (Phi) is 4.68. The first-order chi connectivity index (χ1) is 8.90. The van der Waals surface area contributed by atoms with Crippen molar-refractivity contribution in [2.45, 2.75) is 25.8 Å². The van der Waals surface area contributed by atoms with Crippen molar-refractivity contribution in [3.63, 3.8) is 0 Å². The molecule has 2 aromatic rings. The molecule has 1 N–H and O–H groups in total. The number of nitrogens with zero attached hydrogens (tertiary/aromatic N) is 2. The van der Waals surface area contributed by atoms with E-state index in [9.17, 15) is 0 Å². The molecule has 0 saturated carbocycles. The summed E-state index contributed by atoms with van der Waals surface area (Å²) in [5, 5.41) is 3.35. The Bertz CT molecular complexity index is 543. The van der Waals surface area contributed by atoms with Crippen LogP contribution in [0.5, 0.6) is 0 Å². The van der Waals surface area contributed by atoms with E-state index in [4.69, 9.17) is 6.42 Å². The van der Waals surface area contributed by atoms with Gasteiger partial charge in [-0.05, 0) is 31.5 Å². The zero-order valence-corrected chi connectivity index (χ0v) is 10.4.